The van der Waals surface area contributed by atoms with Crippen molar-refractivity contribution >= 4 is 29.1 Å². The number of fused-ring (bicyclic) bond motifs is 1. The molecule has 11 nitrogen and oxygen atoms in total. The minimum atomic E-state index is -1.44. The van der Waals surface area contributed by atoms with Crippen molar-refractivity contribution < 1.29 is 33.8 Å². The summed E-state index contributed by atoms with van der Waals surface area (Å²) in [5, 5.41) is 12.3. The summed E-state index contributed by atoms with van der Waals surface area (Å²) in [5.41, 5.74) is -0.615. The molecule has 0 saturated heterocycles. The molecule has 0 fully saturated rings. The Morgan fingerprint density at radius 3 is 2.22 bits per heavy atom. The Kier molecular flexibility index (Phi) is 7.12. The Hall–Kier alpha value is -3.63. The van der Waals surface area contributed by atoms with Crippen molar-refractivity contribution in [2.75, 3.05) is 0 Å². The summed E-state index contributed by atoms with van der Waals surface area (Å²) < 4.78 is 11.8. The van der Waals surface area contributed by atoms with E-state index in [9.17, 15) is 24.5 Å². The number of para-hydroxylation sites is 1. The Balaban J connectivity index is 2.40. The number of amides is 1. The lowest BCUT2D eigenvalue weighted by Gasteiger charge is -2.22. The molecule has 174 valence electrons. The molecule has 2 aromatic rings. The van der Waals surface area contributed by atoms with Gasteiger partial charge in [-0.2, -0.15) is 0 Å². The van der Waals surface area contributed by atoms with Gasteiger partial charge < -0.3 is 14.8 Å². The van der Waals surface area contributed by atoms with Crippen LogP contribution in [0.4, 0.5) is 9.59 Å². The van der Waals surface area contributed by atoms with Crippen LogP contribution in [0.2, 0.25) is 0 Å². The Labute approximate surface area is 184 Å². The molecule has 1 unspecified atom stereocenters. The molecule has 1 N–H and O–H groups in total. The second-order valence-electron chi connectivity index (χ2n) is 9.06. The second-order valence-corrected chi connectivity index (χ2v) is 9.06. The number of carbonyl (C=O) groups excluding carboxylic acids is 3. The zero-order valence-corrected chi connectivity index (χ0v) is 18.8. The maximum Gasteiger partial charge on any atom is 0.419 e. The van der Waals surface area contributed by atoms with Crippen molar-refractivity contribution in [1.29, 1.82) is 0 Å². The monoisotopic (exact) mass is 449 g/mol. The van der Waals surface area contributed by atoms with Gasteiger partial charge >= 0.3 is 23.2 Å². The molecule has 0 radical (unpaired) electrons. The van der Waals surface area contributed by atoms with Crippen LogP contribution in [0.25, 0.3) is 10.9 Å². The van der Waals surface area contributed by atoms with Gasteiger partial charge in [0.25, 0.3) is 0 Å². The van der Waals surface area contributed by atoms with Crippen LogP contribution in [-0.4, -0.2) is 45.1 Å². The van der Waals surface area contributed by atoms with Crippen molar-refractivity contribution in [3.63, 3.8) is 0 Å². The number of hydrogen-bond acceptors (Lipinski definition) is 8. The number of ether oxygens (including phenoxy) is 2. The van der Waals surface area contributed by atoms with Gasteiger partial charge in [0.1, 0.15) is 17.2 Å². The fourth-order valence-corrected chi connectivity index (χ4v) is 2.88. The first-order valence-electron chi connectivity index (χ1n) is 9.84. The Morgan fingerprint density at radius 1 is 1.06 bits per heavy atom. The summed E-state index contributed by atoms with van der Waals surface area (Å²) in [7, 11) is 0. The minimum absolute atomic E-state index is 0.192. The first kappa shape index (κ1) is 24.6. The van der Waals surface area contributed by atoms with E-state index in [0.717, 1.165) is 0 Å². The molecule has 1 atom stereocenters. The van der Waals surface area contributed by atoms with Gasteiger partial charge in [-0.05, 0) is 53.2 Å². The standard InChI is InChI=1S/C21H27N3O8/c1-20(2,3)30-18(26)22-15(17(25)32-24(28)29)11-13-12-23(19(27)31-21(4,5)6)16-10-8-7-9-14(13)16/h7-10,12,15H,11H2,1-6H3,(H,22,26). The normalized spacial score (nSPS) is 12.7. The predicted octanol–water partition coefficient (Wildman–Crippen LogP) is 3.60. The van der Waals surface area contributed by atoms with Crippen molar-refractivity contribution in [2.24, 2.45) is 0 Å². The highest BCUT2D eigenvalue weighted by atomic mass is 17.0. The highest BCUT2D eigenvalue weighted by Gasteiger charge is 2.29. The number of alkyl carbamates (subject to hydrolysis) is 1. The van der Waals surface area contributed by atoms with Crippen molar-refractivity contribution in [1.82, 2.24) is 9.88 Å². The average Bonchev–Trinajstić information content (AvgIpc) is 2.96. The number of aromatic nitrogens is 1. The number of rotatable bonds is 5. The van der Waals surface area contributed by atoms with Gasteiger partial charge in [0.2, 0.25) is 0 Å². The second kappa shape index (κ2) is 9.25. The predicted molar refractivity (Wildman–Crippen MR) is 114 cm³/mol. The lowest BCUT2D eigenvalue weighted by molar-refractivity contribution is -0.730. The maximum atomic E-state index is 12.7. The van der Waals surface area contributed by atoms with Gasteiger partial charge in [-0.3, -0.25) is 9.36 Å². The van der Waals surface area contributed by atoms with Gasteiger partial charge in [0.05, 0.1) is 5.52 Å². The molecule has 0 aliphatic carbocycles. The number of nitrogens with one attached hydrogen (secondary N) is 1. The van der Waals surface area contributed by atoms with Gasteiger partial charge in [-0.1, -0.05) is 18.2 Å². The van der Waals surface area contributed by atoms with Gasteiger partial charge in [0, 0.05) is 18.0 Å². The van der Waals surface area contributed by atoms with Crippen LogP contribution in [-0.2, 0) is 25.5 Å². The third-order valence-corrected chi connectivity index (χ3v) is 3.95. The zero-order chi connectivity index (χ0) is 24.3. The van der Waals surface area contributed by atoms with Crippen molar-refractivity contribution in [3.05, 3.63) is 46.1 Å². The molecule has 0 aliphatic rings. The van der Waals surface area contributed by atoms with Gasteiger partial charge in [-0.25, -0.2) is 14.4 Å². The van der Waals surface area contributed by atoms with Crippen LogP contribution in [0.5, 0.6) is 0 Å². The van der Waals surface area contributed by atoms with E-state index in [1.54, 1.807) is 65.8 Å². The van der Waals surface area contributed by atoms with Crippen LogP contribution in [0.3, 0.4) is 0 Å². The van der Waals surface area contributed by atoms with E-state index < -0.39 is 40.5 Å². The number of hydrogen-bond donors (Lipinski definition) is 1. The number of nitrogens with zero attached hydrogens (tertiary/aromatic N) is 2. The minimum Gasteiger partial charge on any atom is -0.444 e. The van der Waals surface area contributed by atoms with Crippen LogP contribution in [0.1, 0.15) is 47.1 Å². The molecule has 1 heterocycles. The summed E-state index contributed by atoms with van der Waals surface area (Å²) in [6, 6.07) is 5.43. The van der Waals surface area contributed by atoms with Crippen LogP contribution < -0.4 is 5.32 Å². The first-order valence-corrected chi connectivity index (χ1v) is 9.84. The summed E-state index contributed by atoms with van der Waals surface area (Å²) in [4.78, 5) is 51.9. The smallest absolute Gasteiger partial charge is 0.419 e. The fraction of sp³-hybridized carbons (Fsp3) is 0.476. The molecule has 1 amide bonds. The number of benzene rings is 1. The van der Waals surface area contributed by atoms with Gasteiger partial charge in [0.15, 0.2) is 0 Å². The molecule has 2 rings (SSSR count). The summed E-state index contributed by atoms with van der Waals surface area (Å²) in [5.74, 6) is -1.28. The third-order valence-electron chi connectivity index (χ3n) is 3.95. The maximum absolute atomic E-state index is 12.7. The van der Waals surface area contributed by atoms with E-state index in [1.807, 2.05) is 0 Å². The highest BCUT2D eigenvalue weighted by Crippen LogP contribution is 2.24. The highest BCUT2D eigenvalue weighted by molar-refractivity contribution is 5.92. The van der Waals surface area contributed by atoms with E-state index in [4.69, 9.17) is 9.47 Å². The molecule has 11 heteroatoms. The average molecular weight is 449 g/mol. The van der Waals surface area contributed by atoms with E-state index in [2.05, 4.69) is 10.2 Å². The van der Waals surface area contributed by atoms with E-state index in [1.165, 1.54) is 10.8 Å². The lowest BCUT2D eigenvalue weighted by Crippen LogP contribution is -2.46. The largest absolute Gasteiger partial charge is 0.444 e. The van der Waals surface area contributed by atoms with E-state index >= 15 is 0 Å². The van der Waals surface area contributed by atoms with E-state index in [0.29, 0.717) is 16.5 Å². The summed E-state index contributed by atoms with van der Waals surface area (Å²) >= 11 is 0. The molecule has 1 aromatic carbocycles. The van der Waals surface area contributed by atoms with Gasteiger partial charge in [-0.15, -0.1) is 10.1 Å². The van der Waals surface area contributed by atoms with Crippen molar-refractivity contribution in [3.8, 4) is 0 Å². The van der Waals surface area contributed by atoms with Crippen molar-refractivity contribution in [2.45, 2.75) is 65.2 Å². The molecule has 0 aliphatic heterocycles. The summed E-state index contributed by atoms with van der Waals surface area (Å²) in [6.45, 7) is 10.1. The Morgan fingerprint density at radius 2 is 1.66 bits per heavy atom. The van der Waals surface area contributed by atoms with Crippen LogP contribution in [0, 0.1) is 10.1 Å². The molecule has 0 bridgehead atoms. The van der Waals surface area contributed by atoms with Crippen LogP contribution in [0.15, 0.2) is 30.5 Å². The quantitative estimate of drug-likeness (QED) is 0.539. The molecular formula is C21H27N3O8. The molecule has 0 saturated carbocycles. The Bertz CT molecular complexity index is 1030. The molecule has 32 heavy (non-hydrogen) atoms. The molecule has 0 spiro atoms. The first-order chi connectivity index (χ1) is 14.7. The SMILES string of the molecule is CC(C)(C)OC(=O)NC(Cc1cn(C(=O)OC(C)(C)C)c2ccccc12)C(=O)O[N+](=O)[O-]. The lowest BCUT2D eigenvalue weighted by atomic mass is 10.1. The van der Waals surface area contributed by atoms with E-state index in [-0.39, 0.29) is 6.42 Å². The molecule has 1 aromatic heterocycles. The summed E-state index contributed by atoms with van der Waals surface area (Å²) in [6.07, 6.45) is -0.312. The number of carbonyl (C=O) groups is 3. The fourth-order valence-electron chi connectivity index (χ4n) is 2.88. The zero-order valence-electron chi connectivity index (χ0n) is 18.8. The topological polar surface area (TPSA) is 139 Å². The van der Waals surface area contributed by atoms with Crippen LogP contribution >= 0.6 is 0 Å². The third kappa shape index (κ3) is 6.96. The molecular weight excluding hydrogens is 422 g/mol.